The first-order valence-corrected chi connectivity index (χ1v) is 7.87. The van der Waals surface area contributed by atoms with Crippen LogP contribution in [0.15, 0.2) is 18.2 Å². The third-order valence-corrected chi connectivity index (χ3v) is 3.32. The summed E-state index contributed by atoms with van der Waals surface area (Å²) < 4.78 is 43.9. The zero-order valence-corrected chi connectivity index (χ0v) is 15.1. The van der Waals surface area contributed by atoms with E-state index in [1.165, 1.54) is 22.9 Å². The zero-order chi connectivity index (χ0) is 19.9. The number of nitrogens with zero attached hydrogens (tertiary/aromatic N) is 2. The molecule has 0 fully saturated rings. The molecule has 4 amide bonds. The number of ether oxygens (including phenoxy) is 1. The number of halogens is 3. The highest BCUT2D eigenvalue weighted by Gasteiger charge is 2.31. The standard InChI is InChI=1S/C16H23F3N4O3/c1-5-26-13-7-6-11(16(17,18)19)10-12(13)21-15(25)23(4)9-8-20-14(24)22(2)3/h6-7,10H,5,8-9H2,1-4H3,(H,20,24)(H,21,25). The minimum Gasteiger partial charge on any atom is -0.492 e. The Morgan fingerprint density at radius 2 is 1.81 bits per heavy atom. The molecule has 2 N–H and O–H groups in total. The van der Waals surface area contributed by atoms with Gasteiger partial charge in [0.15, 0.2) is 0 Å². The number of alkyl halides is 3. The molecule has 1 aromatic carbocycles. The molecule has 7 nitrogen and oxygen atoms in total. The fraction of sp³-hybridized carbons (Fsp3) is 0.500. The lowest BCUT2D eigenvalue weighted by Crippen LogP contribution is -2.41. The van der Waals surface area contributed by atoms with Gasteiger partial charge in [0, 0.05) is 34.2 Å². The number of carbonyl (C=O) groups excluding carboxylic acids is 2. The van der Waals surface area contributed by atoms with Gasteiger partial charge >= 0.3 is 18.2 Å². The molecule has 1 rings (SSSR count). The average molecular weight is 376 g/mol. The van der Waals surface area contributed by atoms with E-state index in [2.05, 4.69) is 10.6 Å². The number of nitrogens with one attached hydrogen (secondary N) is 2. The maximum Gasteiger partial charge on any atom is 0.416 e. The minimum absolute atomic E-state index is 0.0733. The third kappa shape index (κ3) is 6.34. The van der Waals surface area contributed by atoms with Crippen LogP contribution in [-0.2, 0) is 6.18 Å². The van der Waals surface area contributed by atoms with Crippen molar-refractivity contribution in [3.8, 4) is 5.75 Å². The summed E-state index contributed by atoms with van der Waals surface area (Å²) in [5.41, 5.74) is -0.965. The summed E-state index contributed by atoms with van der Waals surface area (Å²) >= 11 is 0. The van der Waals surface area contributed by atoms with Crippen LogP contribution in [0.4, 0.5) is 28.4 Å². The molecule has 0 bridgehead atoms. The van der Waals surface area contributed by atoms with Crippen LogP contribution >= 0.6 is 0 Å². The van der Waals surface area contributed by atoms with Gasteiger partial charge in [0.25, 0.3) is 0 Å². The SMILES string of the molecule is CCOc1ccc(C(F)(F)F)cc1NC(=O)N(C)CCNC(=O)N(C)C. The lowest BCUT2D eigenvalue weighted by molar-refractivity contribution is -0.137. The van der Waals surface area contributed by atoms with Crippen LogP contribution in [0.2, 0.25) is 0 Å². The number of hydrogen-bond donors (Lipinski definition) is 2. The zero-order valence-electron chi connectivity index (χ0n) is 15.1. The summed E-state index contributed by atoms with van der Waals surface area (Å²) in [7, 11) is 4.62. The Hall–Kier alpha value is -2.65. The number of anilines is 1. The van der Waals surface area contributed by atoms with Gasteiger partial charge in [-0.25, -0.2) is 9.59 Å². The van der Waals surface area contributed by atoms with Crippen molar-refractivity contribution in [1.29, 1.82) is 0 Å². The third-order valence-electron chi connectivity index (χ3n) is 3.32. The van der Waals surface area contributed by atoms with Crippen LogP contribution in [0.3, 0.4) is 0 Å². The summed E-state index contributed by atoms with van der Waals surface area (Å²) in [5, 5.41) is 4.99. The second-order valence-corrected chi connectivity index (χ2v) is 5.62. The van der Waals surface area contributed by atoms with Gasteiger partial charge in [0.2, 0.25) is 0 Å². The quantitative estimate of drug-likeness (QED) is 0.802. The van der Waals surface area contributed by atoms with Crippen LogP contribution in [0.1, 0.15) is 12.5 Å². The summed E-state index contributed by atoms with van der Waals surface area (Å²) in [6.07, 6.45) is -4.54. The number of likely N-dealkylation sites (N-methyl/N-ethyl adjacent to an activating group) is 1. The molecule has 0 unspecified atom stereocenters. The van der Waals surface area contributed by atoms with E-state index < -0.39 is 17.8 Å². The Labute approximate surface area is 150 Å². The minimum atomic E-state index is -4.54. The molecule has 10 heteroatoms. The largest absolute Gasteiger partial charge is 0.492 e. The molecule has 146 valence electrons. The molecule has 0 saturated heterocycles. The second-order valence-electron chi connectivity index (χ2n) is 5.62. The second kappa shape index (κ2) is 9.16. The molecule has 26 heavy (non-hydrogen) atoms. The first-order chi connectivity index (χ1) is 12.1. The van der Waals surface area contributed by atoms with E-state index in [1.807, 2.05) is 0 Å². The van der Waals surface area contributed by atoms with Gasteiger partial charge in [0.1, 0.15) is 5.75 Å². The van der Waals surface area contributed by atoms with Crippen LogP contribution in [-0.4, -0.2) is 62.7 Å². The van der Waals surface area contributed by atoms with E-state index in [-0.39, 0.29) is 37.2 Å². The number of carbonyl (C=O) groups is 2. The van der Waals surface area contributed by atoms with Crippen LogP contribution in [0.5, 0.6) is 5.75 Å². The normalized spacial score (nSPS) is 10.9. The first kappa shape index (κ1) is 21.4. The van der Waals surface area contributed by atoms with E-state index in [1.54, 1.807) is 21.0 Å². The Balaban J connectivity index is 2.78. The van der Waals surface area contributed by atoms with Crippen molar-refractivity contribution >= 4 is 17.7 Å². The topological polar surface area (TPSA) is 73.9 Å². The van der Waals surface area contributed by atoms with Gasteiger partial charge in [-0.1, -0.05) is 0 Å². The number of benzene rings is 1. The molecule has 0 atom stereocenters. The summed E-state index contributed by atoms with van der Waals surface area (Å²) in [6, 6.07) is 1.95. The molecular weight excluding hydrogens is 353 g/mol. The van der Waals surface area contributed by atoms with Crippen LogP contribution in [0, 0.1) is 0 Å². The van der Waals surface area contributed by atoms with Crippen molar-refractivity contribution in [3.05, 3.63) is 23.8 Å². The summed E-state index contributed by atoms with van der Waals surface area (Å²) in [5.74, 6) is 0.142. The predicted molar refractivity (Wildman–Crippen MR) is 91.3 cm³/mol. The van der Waals surface area contributed by atoms with Gasteiger partial charge in [0.05, 0.1) is 17.9 Å². The number of rotatable bonds is 6. The van der Waals surface area contributed by atoms with Gasteiger partial charge in [-0.2, -0.15) is 13.2 Å². The highest BCUT2D eigenvalue weighted by molar-refractivity contribution is 5.91. The fourth-order valence-corrected chi connectivity index (χ4v) is 1.89. The van der Waals surface area contributed by atoms with Gasteiger partial charge in [-0.15, -0.1) is 0 Å². The van der Waals surface area contributed by atoms with E-state index in [4.69, 9.17) is 4.74 Å². The maximum absolute atomic E-state index is 12.9. The predicted octanol–water partition coefficient (Wildman–Crippen LogP) is 2.84. The van der Waals surface area contributed by atoms with Crippen molar-refractivity contribution in [2.75, 3.05) is 46.2 Å². The van der Waals surface area contributed by atoms with Crippen LogP contribution < -0.4 is 15.4 Å². The number of hydrogen-bond acceptors (Lipinski definition) is 3. The van der Waals surface area contributed by atoms with Crippen molar-refractivity contribution < 1.29 is 27.5 Å². The molecule has 0 aliphatic carbocycles. The Morgan fingerprint density at radius 1 is 1.15 bits per heavy atom. The van der Waals surface area contributed by atoms with Gasteiger partial charge in [-0.05, 0) is 25.1 Å². The van der Waals surface area contributed by atoms with Crippen molar-refractivity contribution in [2.24, 2.45) is 0 Å². The highest BCUT2D eigenvalue weighted by Crippen LogP contribution is 2.35. The van der Waals surface area contributed by atoms with E-state index in [9.17, 15) is 22.8 Å². The van der Waals surface area contributed by atoms with E-state index in [0.29, 0.717) is 0 Å². The van der Waals surface area contributed by atoms with Gasteiger partial charge < -0.3 is 25.2 Å². The van der Waals surface area contributed by atoms with E-state index in [0.717, 1.165) is 12.1 Å². The molecule has 0 radical (unpaired) electrons. The van der Waals surface area contributed by atoms with Crippen LogP contribution in [0.25, 0.3) is 0 Å². The molecule has 0 saturated carbocycles. The van der Waals surface area contributed by atoms with Crippen molar-refractivity contribution in [3.63, 3.8) is 0 Å². The van der Waals surface area contributed by atoms with Crippen molar-refractivity contribution in [1.82, 2.24) is 15.1 Å². The Bertz CT molecular complexity index is 636. The molecule has 1 aromatic rings. The lowest BCUT2D eigenvalue weighted by atomic mass is 10.2. The first-order valence-electron chi connectivity index (χ1n) is 7.87. The molecular formula is C16H23F3N4O3. The van der Waals surface area contributed by atoms with E-state index >= 15 is 0 Å². The Kier molecular flexibility index (Phi) is 7.54. The molecule has 0 heterocycles. The molecule has 0 aliphatic heterocycles. The molecule has 0 aliphatic rings. The smallest absolute Gasteiger partial charge is 0.416 e. The highest BCUT2D eigenvalue weighted by atomic mass is 19.4. The van der Waals surface area contributed by atoms with Gasteiger partial charge in [-0.3, -0.25) is 0 Å². The summed E-state index contributed by atoms with van der Waals surface area (Å²) in [6.45, 7) is 2.29. The fourth-order valence-electron chi connectivity index (χ4n) is 1.89. The Morgan fingerprint density at radius 3 is 2.35 bits per heavy atom. The molecule has 0 spiro atoms. The van der Waals surface area contributed by atoms with Crippen molar-refractivity contribution in [2.45, 2.75) is 13.1 Å². The summed E-state index contributed by atoms with van der Waals surface area (Å²) in [4.78, 5) is 26.2. The maximum atomic E-state index is 12.9. The monoisotopic (exact) mass is 376 g/mol. The lowest BCUT2D eigenvalue weighted by Gasteiger charge is -2.21. The number of urea groups is 2. The number of amides is 4. The molecule has 0 aromatic heterocycles. The average Bonchev–Trinajstić information content (AvgIpc) is 2.55.